The molecule has 23 heavy (non-hydrogen) atoms. The van der Waals surface area contributed by atoms with Crippen LogP contribution in [0.3, 0.4) is 0 Å². The number of carbonyl (C=O) groups excluding carboxylic acids is 1. The molecule has 0 radical (unpaired) electrons. The van der Waals surface area contributed by atoms with Crippen LogP contribution in [-0.2, 0) is 0 Å². The fraction of sp³-hybridized carbons (Fsp3) is 0.333. The monoisotopic (exact) mass is 368 g/mol. The second-order valence-electron chi connectivity index (χ2n) is 5.59. The minimum absolute atomic E-state index is 0.133. The lowest BCUT2D eigenvalue weighted by Gasteiger charge is -2.32. The molecule has 0 aliphatic carbocycles. The lowest BCUT2D eigenvalue weighted by Crippen LogP contribution is -2.43. The van der Waals surface area contributed by atoms with E-state index in [9.17, 15) is 4.79 Å². The largest absolute Gasteiger partial charge is 0.349 e. The summed E-state index contributed by atoms with van der Waals surface area (Å²) >= 11 is 14.2. The van der Waals surface area contributed by atoms with Gasteiger partial charge in [0.15, 0.2) is 0 Å². The molecule has 120 valence electrons. The highest BCUT2D eigenvalue weighted by Crippen LogP contribution is 2.44. The van der Waals surface area contributed by atoms with Gasteiger partial charge in [-0.3, -0.25) is 5.01 Å². The standard InChI is InChI=1S/C15H14Cl2N4OS/c1-8-18-12-13(10(16)7-11(17)14(12)23-8)21-9(2)19-5-3-4-6-20(19)15(21)22/h7H,2-6H2,1H3. The van der Waals surface area contributed by atoms with Gasteiger partial charge in [0.05, 0.1) is 25.4 Å². The predicted molar refractivity (Wildman–Crippen MR) is 94.0 cm³/mol. The average molecular weight is 369 g/mol. The van der Waals surface area contributed by atoms with E-state index in [1.54, 1.807) is 16.0 Å². The topological polar surface area (TPSA) is 39.7 Å². The zero-order valence-corrected chi connectivity index (χ0v) is 14.8. The molecule has 2 amide bonds. The Bertz CT molecular complexity index is 826. The number of carbonyl (C=O) groups is 1. The van der Waals surface area contributed by atoms with Gasteiger partial charge in [-0.05, 0) is 25.8 Å². The summed E-state index contributed by atoms with van der Waals surface area (Å²) in [7, 11) is 0. The van der Waals surface area contributed by atoms with E-state index in [1.165, 1.54) is 11.3 Å². The van der Waals surface area contributed by atoms with Gasteiger partial charge in [-0.15, -0.1) is 11.3 Å². The molecule has 2 aromatic rings. The third kappa shape index (κ3) is 2.12. The number of aryl methyl sites for hydroxylation is 1. The fourth-order valence-electron chi connectivity index (χ4n) is 3.12. The van der Waals surface area contributed by atoms with Crippen molar-refractivity contribution >= 4 is 56.5 Å². The number of hydrogen-bond acceptors (Lipinski definition) is 4. The van der Waals surface area contributed by atoms with Crippen LogP contribution in [-0.4, -0.2) is 34.1 Å². The van der Waals surface area contributed by atoms with Gasteiger partial charge in [0.2, 0.25) is 0 Å². The highest BCUT2D eigenvalue weighted by molar-refractivity contribution is 7.19. The molecule has 2 saturated heterocycles. The van der Waals surface area contributed by atoms with Crippen molar-refractivity contribution in [3.8, 4) is 0 Å². The van der Waals surface area contributed by atoms with Gasteiger partial charge in [-0.25, -0.2) is 19.7 Å². The van der Waals surface area contributed by atoms with Crippen LogP contribution in [0, 0.1) is 6.92 Å². The van der Waals surface area contributed by atoms with Crippen molar-refractivity contribution in [3.63, 3.8) is 0 Å². The maximum atomic E-state index is 12.9. The van der Waals surface area contributed by atoms with Gasteiger partial charge in [0.25, 0.3) is 0 Å². The molecule has 3 heterocycles. The number of urea groups is 1. The molecule has 0 bridgehead atoms. The van der Waals surface area contributed by atoms with Gasteiger partial charge < -0.3 is 0 Å². The second-order valence-corrected chi connectivity index (χ2v) is 7.60. The van der Waals surface area contributed by atoms with Crippen LogP contribution in [0.4, 0.5) is 10.5 Å². The zero-order chi connectivity index (χ0) is 16.3. The Balaban J connectivity index is 1.92. The fourth-order valence-corrected chi connectivity index (χ4v) is 4.60. The van der Waals surface area contributed by atoms with Crippen molar-refractivity contribution < 1.29 is 4.79 Å². The summed E-state index contributed by atoms with van der Waals surface area (Å²) in [6.07, 6.45) is 2.03. The molecule has 2 aliphatic rings. The highest BCUT2D eigenvalue weighted by atomic mass is 35.5. The van der Waals surface area contributed by atoms with E-state index in [0.717, 1.165) is 29.1 Å². The first-order valence-corrected chi connectivity index (χ1v) is 8.89. The average Bonchev–Trinajstić information content (AvgIpc) is 3.02. The molecule has 0 N–H and O–H groups in total. The number of thiazole rings is 1. The Morgan fingerprint density at radius 1 is 1.22 bits per heavy atom. The van der Waals surface area contributed by atoms with E-state index in [1.807, 2.05) is 11.9 Å². The normalized spacial score (nSPS) is 18.3. The van der Waals surface area contributed by atoms with Crippen molar-refractivity contribution in [2.75, 3.05) is 18.0 Å². The van der Waals surface area contributed by atoms with E-state index < -0.39 is 0 Å². The van der Waals surface area contributed by atoms with Crippen molar-refractivity contribution in [3.05, 3.63) is 33.5 Å². The molecule has 8 heteroatoms. The van der Waals surface area contributed by atoms with E-state index >= 15 is 0 Å². The Labute approximate surface area is 147 Å². The summed E-state index contributed by atoms with van der Waals surface area (Å²) in [5, 5.41) is 5.47. The maximum Gasteiger partial charge on any atom is 0.349 e. The number of benzene rings is 1. The lowest BCUT2D eigenvalue weighted by molar-refractivity contribution is 0.0500. The first-order chi connectivity index (χ1) is 11.0. The number of aromatic nitrogens is 1. The number of amides is 2. The van der Waals surface area contributed by atoms with E-state index in [4.69, 9.17) is 23.2 Å². The Kier molecular flexibility index (Phi) is 3.44. The summed E-state index contributed by atoms with van der Waals surface area (Å²) in [6, 6.07) is 1.54. The van der Waals surface area contributed by atoms with Gasteiger partial charge >= 0.3 is 6.03 Å². The number of halogens is 2. The zero-order valence-electron chi connectivity index (χ0n) is 12.5. The predicted octanol–water partition coefficient (Wildman–Crippen LogP) is 4.64. The number of rotatable bonds is 1. The molecule has 2 aliphatic heterocycles. The molecule has 0 unspecified atom stereocenters. The Morgan fingerprint density at radius 3 is 2.61 bits per heavy atom. The van der Waals surface area contributed by atoms with Gasteiger partial charge in [-0.1, -0.05) is 29.8 Å². The number of fused-ring (bicyclic) bond motifs is 2. The number of hydrazine groups is 1. The Morgan fingerprint density at radius 2 is 1.91 bits per heavy atom. The quantitative estimate of drug-likeness (QED) is 0.736. The van der Waals surface area contributed by atoms with Crippen LogP contribution in [0.5, 0.6) is 0 Å². The molecular weight excluding hydrogens is 355 g/mol. The van der Waals surface area contributed by atoms with Crippen LogP contribution in [0.2, 0.25) is 10.0 Å². The molecule has 0 atom stereocenters. The summed E-state index contributed by atoms with van der Waals surface area (Å²) in [5.41, 5.74) is 1.22. The first-order valence-electron chi connectivity index (χ1n) is 7.32. The van der Waals surface area contributed by atoms with Crippen molar-refractivity contribution in [2.24, 2.45) is 0 Å². The van der Waals surface area contributed by atoms with Crippen molar-refractivity contribution in [1.82, 2.24) is 15.0 Å². The minimum Gasteiger partial charge on any atom is -0.266 e. The smallest absolute Gasteiger partial charge is 0.266 e. The summed E-state index contributed by atoms with van der Waals surface area (Å²) in [5.74, 6) is 0.617. The third-order valence-electron chi connectivity index (χ3n) is 4.13. The van der Waals surface area contributed by atoms with Gasteiger partial charge in [-0.2, -0.15) is 0 Å². The summed E-state index contributed by atoms with van der Waals surface area (Å²) in [6.45, 7) is 7.48. The molecule has 4 rings (SSSR count). The van der Waals surface area contributed by atoms with E-state index in [0.29, 0.717) is 33.6 Å². The Hall–Kier alpha value is -1.50. The molecule has 0 saturated carbocycles. The van der Waals surface area contributed by atoms with Crippen molar-refractivity contribution in [1.29, 1.82) is 0 Å². The molecule has 0 spiro atoms. The van der Waals surface area contributed by atoms with E-state index in [2.05, 4.69) is 11.6 Å². The number of anilines is 1. The first kappa shape index (κ1) is 15.1. The second kappa shape index (κ2) is 5.26. The number of nitrogens with zero attached hydrogens (tertiary/aromatic N) is 4. The number of hydrogen-bond donors (Lipinski definition) is 0. The maximum absolute atomic E-state index is 12.9. The SMILES string of the molecule is C=C1N(c2c(Cl)cc(Cl)c3sc(C)nc23)C(=O)N2CCCCN12. The van der Waals surface area contributed by atoms with Crippen LogP contribution < -0.4 is 4.90 Å². The van der Waals surface area contributed by atoms with Gasteiger partial charge in [0.1, 0.15) is 11.3 Å². The van der Waals surface area contributed by atoms with Crippen LogP contribution in [0.15, 0.2) is 18.5 Å². The van der Waals surface area contributed by atoms with Gasteiger partial charge in [0, 0.05) is 13.1 Å². The van der Waals surface area contributed by atoms with Crippen LogP contribution in [0.25, 0.3) is 10.2 Å². The lowest BCUT2D eigenvalue weighted by atomic mass is 10.2. The summed E-state index contributed by atoms with van der Waals surface area (Å²) in [4.78, 5) is 19.0. The molecule has 5 nitrogen and oxygen atoms in total. The van der Waals surface area contributed by atoms with Crippen molar-refractivity contribution in [2.45, 2.75) is 19.8 Å². The minimum atomic E-state index is -0.133. The highest BCUT2D eigenvalue weighted by Gasteiger charge is 2.42. The molecular formula is C15H14Cl2N4OS. The molecule has 1 aromatic carbocycles. The third-order valence-corrected chi connectivity index (χ3v) is 5.83. The molecule has 2 fully saturated rings. The van der Waals surface area contributed by atoms with Crippen LogP contribution >= 0.6 is 34.5 Å². The van der Waals surface area contributed by atoms with Crippen LogP contribution in [0.1, 0.15) is 17.8 Å². The van der Waals surface area contributed by atoms with E-state index in [-0.39, 0.29) is 6.03 Å². The molecule has 1 aromatic heterocycles. The summed E-state index contributed by atoms with van der Waals surface area (Å²) < 4.78 is 0.837.